The molecule has 6 heteroatoms. The largest absolute Gasteiger partial charge is 0.365 e. The van der Waals surface area contributed by atoms with Crippen LogP contribution in [0.2, 0.25) is 0 Å². The Kier molecular flexibility index (Phi) is 3.23. The number of hydrogen-bond acceptors (Lipinski definition) is 5. The molecule has 1 aliphatic rings. The molecule has 3 rings (SSSR count). The molecule has 0 radical (unpaired) electrons. The van der Waals surface area contributed by atoms with E-state index in [2.05, 4.69) is 44.4 Å². The summed E-state index contributed by atoms with van der Waals surface area (Å²) in [5.74, 6) is 1.45. The zero-order chi connectivity index (χ0) is 14.2. The Balaban J connectivity index is 1.88. The molecule has 20 heavy (non-hydrogen) atoms. The first-order chi connectivity index (χ1) is 9.57. The average Bonchev–Trinajstić information content (AvgIpc) is 2.85. The molecule has 108 valence electrons. The first-order valence-electron chi connectivity index (χ1n) is 7.23. The third-order valence-electron chi connectivity index (χ3n) is 4.06. The van der Waals surface area contributed by atoms with Gasteiger partial charge in [-0.2, -0.15) is 9.97 Å². The van der Waals surface area contributed by atoms with Gasteiger partial charge in [0.2, 0.25) is 5.95 Å². The van der Waals surface area contributed by atoms with Gasteiger partial charge in [0.1, 0.15) is 5.52 Å². The normalized spacial score (nSPS) is 21.9. The Morgan fingerprint density at radius 1 is 1.35 bits per heavy atom. The summed E-state index contributed by atoms with van der Waals surface area (Å²) in [4.78, 5) is 16.2. The van der Waals surface area contributed by atoms with Crippen LogP contribution in [0.5, 0.6) is 0 Å². The van der Waals surface area contributed by atoms with Crippen molar-refractivity contribution in [3.05, 3.63) is 6.33 Å². The summed E-state index contributed by atoms with van der Waals surface area (Å²) in [6.07, 6.45) is 6.59. The number of aromatic nitrogens is 4. The summed E-state index contributed by atoms with van der Waals surface area (Å²) in [5.41, 5.74) is 1.98. The number of imidazole rings is 1. The molecular weight excluding hydrogens is 252 g/mol. The van der Waals surface area contributed by atoms with E-state index < -0.39 is 0 Å². The van der Waals surface area contributed by atoms with Crippen LogP contribution in [0.4, 0.5) is 11.8 Å². The molecule has 0 aromatic carbocycles. The summed E-state index contributed by atoms with van der Waals surface area (Å²) in [7, 11) is 1.82. The average molecular weight is 274 g/mol. The summed E-state index contributed by atoms with van der Waals surface area (Å²) in [5, 5.41) is 6.56. The van der Waals surface area contributed by atoms with Crippen molar-refractivity contribution < 1.29 is 0 Å². The molecule has 2 heterocycles. The zero-order valence-corrected chi connectivity index (χ0v) is 12.3. The van der Waals surface area contributed by atoms with Crippen LogP contribution in [0, 0.1) is 5.41 Å². The van der Waals surface area contributed by atoms with Crippen LogP contribution in [-0.4, -0.2) is 33.0 Å². The highest BCUT2D eigenvalue weighted by molar-refractivity contribution is 5.83. The van der Waals surface area contributed by atoms with Gasteiger partial charge in [-0.05, 0) is 24.7 Å². The third-order valence-corrected chi connectivity index (χ3v) is 4.06. The Bertz CT molecular complexity index is 603. The monoisotopic (exact) mass is 274 g/mol. The lowest BCUT2D eigenvalue weighted by Crippen LogP contribution is -2.32. The maximum Gasteiger partial charge on any atom is 0.226 e. The van der Waals surface area contributed by atoms with Gasteiger partial charge in [0.05, 0.1) is 6.33 Å². The van der Waals surface area contributed by atoms with Gasteiger partial charge in [0.15, 0.2) is 11.5 Å². The van der Waals surface area contributed by atoms with E-state index in [0.717, 1.165) is 11.3 Å². The van der Waals surface area contributed by atoms with Crippen molar-refractivity contribution in [2.45, 2.75) is 45.6 Å². The first-order valence-corrected chi connectivity index (χ1v) is 7.23. The molecule has 6 nitrogen and oxygen atoms in total. The molecule has 0 aliphatic heterocycles. The van der Waals surface area contributed by atoms with Crippen molar-refractivity contribution in [2.75, 3.05) is 17.7 Å². The van der Waals surface area contributed by atoms with E-state index in [4.69, 9.17) is 0 Å². The second-order valence-electron chi connectivity index (χ2n) is 6.35. The van der Waals surface area contributed by atoms with Crippen LogP contribution in [0.25, 0.3) is 11.2 Å². The molecule has 0 bridgehead atoms. The van der Waals surface area contributed by atoms with Gasteiger partial charge in [-0.25, -0.2) is 4.98 Å². The molecule has 1 saturated carbocycles. The Morgan fingerprint density at radius 3 is 2.95 bits per heavy atom. The van der Waals surface area contributed by atoms with Crippen molar-refractivity contribution in [1.29, 1.82) is 0 Å². The number of nitrogens with one attached hydrogen (secondary N) is 3. The third kappa shape index (κ3) is 2.55. The lowest BCUT2D eigenvalue weighted by Gasteiger charge is -2.35. The van der Waals surface area contributed by atoms with Crippen LogP contribution in [0.15, 0.2) is 6.33 Å². The van der Waals surface area contributed by atoms with E-state index in [9.17, 15) is 0 Å². The lowest BCUT2D eigenvalue weighted by molar-refractivity contribution is 0.229. The molecular formula is C14H22N6. The Morgan fingerprint density at radius 2 is 2.20 bits per heavy atom. The highest BCUT2D eigenvalue weighted by atomic mass is 15.2. The minimum atomic E-state index is 0.405. The summed E-state index contributed by atoms with van der Waals surface area (Å²) < 4.78 is 0. The number of aromatic amines is 1. The minimum absolute atomic E-state index is 0.405. The second-order valence-corrected chi connectivity index (χ2v) is 6.35. The van der Waals surface area contributed by atoms with Crippen molar-refractivity contribution in [2.24, 2.45) is 5.41 Å². The molecule has 1 fully saturated rings. The smallest absolute Gasteiger partial charge is 0.226 e. The van der Waals surface area contributed by atoms with Crippen LogP contribution in [0.3, 0.4) is 0 Å². The number of anilines is 2. The Hall–Kier alpha value is -1.85. The van der Waals surface area contributed by atoms with Gasteiger partial charge in [0, 0.05) is 13.1 Å². The lowest BCUT2D eigenvalue weighted by atomic mass is 9.75. The van der Waals surface area contributed by atoms with Crippen molar-refractivity contribution in [3.63, 3.8) is 0 Å². The van der Waals surface area contributed by atoms with E-state index in [0.29, 0.717) is 23.1 Å². The van der Waals surface area contributed by atoms with Gasteiger partial charge in [-0.15, -0.1) is 0 Å². The topological polar surface area (TPSA) is 78.5 Å². The van der Waals surface area contributed by atoms with Gasteiger partial charge in [0.25, 0.3) is 0 Å². The predicted molar refractivity (Wildman–Crippen MR) is 80.9 cm³/mol. The fourth-order valence-electron chi connectivity index (χ4n) is 3.06. The Labute approximate surface area is 118 Å². The van der Waals surface area contributed by atoms with Gasteiger partial charge in [-0.3, -0.25) is 0 Å². The van der Waals surface area contributed by atoms with Gasteiger partial charge < -0.3 is 15.6 Å². The SMILES string of the molecule is CNc1nc(NC2CCCC(C)(C)C2)c2[nH]cnc2n1. The standard InChI is InChI=1S/C14H22N6/c1-14(2)6-4-5-9(7-14)18-12-10-11(17-8-16-10)19-13(15-3)20-12/h8-9H,4-7H2,1-3H3,(H3,15,16,17,18,19,20). The number of nitrogens with zero attached hydrogens (tertiary/aromatic N) is 3. The molecule has 2 aromatic heterocycles. The van der Waals surface area contributed by atoms with Crippen LogP contribution in [-0.2, 0) is 0 Å². The molecule has 1 aliphatic carbocycles. The van der Waals surface area contributed by atoms with E-state index in [-0.39, 0.29) is 0 Å². The van der Waals surface area contributed by atoms with Crippen LogP contribution in [0.1, 0.15) is 39.5 Å². The number of hydrogen-bond donors (Lipinski definition) is 3. The zero-order valence-electron chi connectivity index (χ0n) is 12.3. The fraction of sp³-hybridized carbons (Fsp3) is 0.643. The molecule has 0 spiro atoms. The molecule has 1 atom stereocenters. The van der Waals surface area contributed by atoms with E-state index in [1.54, 1.807) is 6.33 Å². The van der Waals surface area contributed by atoms with E-state index in [1.165, 1.54) is 25.7 Å². The summed E-state index contributed by atoms with van der Waals surface area (Å²) in [6, 6.07) is 0.463. The predicted octanol–water partition coefficient (Wildman–Crippen LogP) is 2.78. The highest BCUT2D eigenvalue weighted by Crippen LogP contribution is 2.36. The van der Waals surface area contributed by atoms with Crippen molar-refractivity contribution in [1.82, 2.24) is 19.9 Å². The van der Waals surface area contributed by atoms with E-state index >= 15 is 0 Å². The number of fused-ring (bicyclic) bond motifs is 1. The molecule has 0 amide bonds. The maximum absolute atomic E-state index is 4.53. The minimum Gasteiger partial charge on any atom is -0.365 e. The second kappa shape index (κ2) is 4.92. The fourth-order valence-corrected chi connectivity index (χ4v) is 3.06. The first kappa shape index (κ1) is 13.1. The van der Waals surface area contributed by atoms with Gasteiger partial charge in [-0.1, -0.05) is 20.3 Å². The highest BCUT2D eigenvalue weighted by Gasteiger charge is 2.28. The molecule has 2 aromatic rings. The van der Waals surface area contributed by atoms with E-state index in [1.807, 2.05) is 7.05 Å². The maximum atomic E-state index is 4.53. The van der Waals surface area contributed by atoms with Crippen molar-refractivity contribution in [3.8, 4) is 0 Å². The number of H-pyrrole nitrogens is 1. The molecule has 3 N–H and O–H groups in total. The van der Waals surface area contributed by atoms with Crippen molar-refractivity contribution >= 4 is 22.9 Å². The summed E-state index contributed by atoms with van der Waals surface area (Å²) >= 11 is 0. The van der Waals surface area contributed by atoms with Crippen LogP contribution < -0.4 is 10.6 Å². The van der Waals surface area contributed by atoms with Crippen LogP contribution >= 0.6 is 0 Å². The summed E-state index contributed by atoms with van der Waals surface area (Å²) in [6.45, 7) is 4.68. The number of rotatable bonds is 3. The molecule has 1 unspecified atom stereocenters. The quantitative estimate of drug-likeness (QED) is 0.802. The molecule has 0 saturated heterocycles. The van der Waals surface area contributed by atoms with Gasteiger partial charge >= 0.3 is 0 Å².